The first-order chi connectivity index (χ1) is 13.4. The van der Waals surface area contributed by atoms with Crippen LogP contribution in [0.1, 0.15) is 24.8 Å². The van der Waals surface area contributed by atoms with Gasteiger partial charge in [0.25, 0.3) is 0 Å². The third kappa shape index (κ3) is 4.00. The van der Waals surface area contributed by atoms with E-state index in [-0.39, 0.29) is 24.4 Å². The number of ether oxygens (including phenoxy) is 2. The number of pyridine rings is 1. The van der Waals surface area contributed by atoms with Crippen LogP contribution in [0.5, 0.6) is 5.75 Å². The number of aromatic nitrogens is 1. The molecule has 3 rings (SSSR count). The highest BCUT2D eigenvalue weighted by molar-refractivity contribution is 6.08. The number of esters is 1. The number of halogens is 2. The lowest BCUT2D eigenvalue weighted by molar-refractivity contribution is -0.483. The average molecular weight is 394 g/mol. The summed E-state index contributed by atoms with van der Waals surface area (Å²) >= 11 is 0. The van der Waals surface area contributed by atoms with Gasteiger partial charge in [0.05, 0.1) is 25.1 Å². The van der Waals surface area contributed by atoms with E-state index in [1.54, 1.807) is 13.0 Å². The number of alkyl halides is 2. The molecule has 0 amide bonds. The normalized spacial score (nSPS) is 12.4. The maximum absolute atomic E-state index is 12.8. The molecule has 0 spiro atoms. The Kier molecular flexibility index (Phi) is 5.67. The fourth-order valence-corrected chi connectivity index (χ4v) is 3.14. The summed E-state index contributed by atoms with van der Waals surface area (Å²) in [5.74, 6) is -1.64. The SMILES string of the molecule is CCOC(=O)CC(C[N+](=O)[O-])c1ccc(OC(F)F)c2oc3cnccc3c12. The number of rotatable bonds is 8. The van der Waals surface area contributed by atoms with Crippen LogP contribution in [-0.2, 0) is 9.53 Å². The summed E-state index contributed by atoms with van der Waals surface area (Å²) in [5, 5.41) is 12.1. The average Bonchev–Trinajstić information content (AvgIpc) is 3.01. The van der Waals surface area contributed by atoms with Gasteiger partial charge in [-0.25, -0.2) is 0 Å². The molecule has 0 aliphatic rings. The van der Waals surface area contributed by atoms with Crippen molar-refractivity contribution in [2.75, 3.05) is 13.2 Å². The molecule has 0 aliphatic carbocycles. The molecule has 0 aliphatic heterocycles. The van der Waals surface area contributed by atoms with Crippen molar-refractivity contribution >= 4 is 27.9 Å². The van der Waals surface area contributed by atoms with Crippen molar-refractivity contribution in [1.82, 2.24) is 4.98 Å². The zero-order chi connectivity index (χ0) is 20.3. The zero-order valence-corrected chi connectivity index (χ0v) is 14.8. The molecule has 0 saturated heterocycles. The Morgan fingerprint density at radius 1 is 1.36 bits per heavy atom. The predicted octanol–water partition coefficient (Wildman–Crippen LogP) is 3.90. The smallest absolute Gasteiger partial charge is 0.387 e. The fraction of sp³-hybridized carbons (Fsp3) is 0.333. The van der Waals surface area contributed by atoms with Gasteiger partial charge in [-0.1, -0.05) is 6.07 Å². The summed E-state index contributed by atoms with van der Waals surface area (Å²) < 4.78 is 40.6. The minimum Gasteiger partial charge on any atom is -0.466 e. The van der Waals surface area contributed by atoms with Gasteiger partial charge in [0, 0.05) is 21.9 Å². The number of nitrogens with zero attached hydrogens (tertiary/aromatic N) is 2. The lowest BCUT2D eigenvalue weighted by atomic mass is 9.91. The number of hydrogen-bond acceptors (Lipinski definition) is 7. The zero-order valence-electron chi connectivity index (χ0n) is 14.8. The van der Waals surface area contributed by atoms with Gasteiger partial charge in [0.1, 0.15) is 0 Å². The summed E-state index contributed by atoms with van der Waals surface area (Å²) in [6.45, 7) is -1.85. The fourth-order valence-electron chi connectivity index (χ4n) is 3.14. The van der Waals surface area contributed by atoms with E-state index in [1.165, 1.54) is 24.5 Å². The Hall–Kier alpha value is -3.30. The molecule has 148 valence electrons. The van der Waals surface area contributed by atoms with Crippen molar-refractivity contribution in [2.45, 2.75) is 25.9 Å². The van der Waals surface area contributed by atoms with Gasteiger partial charge < -0.3 is 13.9 Å². The molecule has 1 aromatic carbocycles. The monoisotopic (exact) mass is 394 g/mol. The quantitative estimate of drug-likeness (QED) is 0.324. The number of furan rings is 1. The molecule has 2 aromatic heterocycles. The van der Waals surface area contributed by atoms with Crippen LogP contribution in [0.25, 0.3) is 21.9 Å². The third-order valence-electron chi connectivity index (χ3n) is 4.16. The first-order valence-corrected chi connectivity index (χ1v) is 8.42. The van der Waals surface area contributed by atoms with Crippen molar-refractivity contribution in [3.05, 3.63) is 46.3 Å². The lowest BCUT2D eigenvalue weighted by Gasteiger charge is -2.15. The molecule has 0 fully saturated rings. The Morgan fingerprint density at radius 3 is 2.82 bits per heavy atom. The van der Waals surface area contributed by atoms with Crippen molar-refractivity contribution in [1.29, 1.82) is 0 Å². The molecule has 0 radical (unpaired) electrons. The molecule has 0 saturated carbocycles. The highest BCUT2D eigenvalue weighted by atomic mass is 19.3. The molecule has 1 atom stereocenters. The van der Waals surface area contributed by atoms with Crippen LogP contribution in [-0.4, -0.2) is 35.6 Å². The number of carbonyl (C=O) groups excluding carboxylic acids is 1. The van der Waals surface area contributed by atoms with Crippen LogP contribution in [0.15, 0.2) is 35.0 Å². The Balaban J connectivity index is 2.20. The minimum absolute atomic E-state index is 0.0120. The number of hydrogen-bond donors (Lipinski definition) is 0. The van der Waals surface area contributed by atoms with E-state index in [2.05, 4.69) is 9.72 Å². The van der Waals surface area contributed by atoms with Crippen LogP contribution in [0.4, 0.5) is 8.78 Å². The van der Waals surface area contributed by atoms with Crippen LogP contribution in [0.3, 0.4) is 0 Å². The maximum atomic E-state index is 12.8. The summed E-state index contributed by atoms with van der Waals surface area (Å²) in [6, 6.07) is 4.28. The van der Waals surface area contributed by atoms with Gasteiger partial charge in [-0.3, -0.25) is 19.9 Å². The molecular weight excluding hydrogens is 378 g/mol. The summed E-state index contributed by atoms with van der Waals surface area (Å²) in [5.41, 5.74) is 0.726. The highest BCUT2D eigenvalue weighted by Gasteiger charge is 2.28. The van der Waals surface area contributed by atoms with Gasteiger partial charge >= 0.3 is 12.6 Å². The predicted molar refractivity (Wildman–Crippen MR) is 94.0 cm³/mol. The van der Waals surface area contributed by atoms with E-state index in [0.717, 1.165) is 0 Å². The Morgan fingerprint density at radius 2 is 2.14 bits per heavy atom. The Bertz CT molecular complexity index is 1020. The minimum atomic E-state index is -3.07. The van der Waals surface area contributed by atoms with Crippen molar-refractivity contribution in [3.63, 3.8) is 0 Å². The second kappa shape index (κ2) is 8.15. The van der Waals surface area contributed by atoms with Crippen LogP contribution in [0, 0.1) is 10.1 Å². The topological polar surface area (TPSA) is 105 Å². The van der Waals surface area contributed by atoms with E-state index in [0.29, 0.717) is 21.9 Å². The molecule has 0 bridgehead atoms. The standard InChI is InChI=1S/C18H16F2N2O6/c1-2-26-15(23)7-10(9-22(24)25)11-3-4-13(28-18(19)20)17-16(11)12-5-6-21-8-14(12)27-17/h3-6,8,10,18H,2,7,9H2,1H3. The van der Waals surface area contributed by atoms with Gasteiger partial charge in [-0.2, -0.15) is 8.78 Å². The molecule has 28 heavy (non-hydrogen) atoms. The van der Waals surface area contributed by atoms with Gasteiger partial charge in [0.2, 0.25) is 6.54 Å². The van der Waals surface area contributed by atoms with Gasteiger partial charge in [-0.05, 0) is 24.6 Å². The van der Waals surface area contributed by atoms with E-state index >= 15 is 0 Å². The van der Waals surface area contributed by atoms with Crippen LogP contribution >= 0.6 is 0 Å². The first-order valence-electron chi connectivity index (χ1n) is 8.42. The molecule has 8 nitrogen and oxygen atoms in total. The summed E-state index contributed by atoms with van der Waals surface area (Å²) in [4.78, 5) is 26.5. The number of benzene rings is 1. The van der Waals surface area contributed by atoms with Crippen molar-refractivity contribution < 1.29 is 32.4 Å². The number of nitro groups is 1. The van der Waals surface area contributed by atoms with Crippen LogP contribution < -0.4 is 4.74 Å². The van der Waals surface area contributed by atoms with E-state index in [4.69, 9.17) is 9.15 Å². The van der Waals surface area contributed by atoms with Crippen molar-refractivity contribution in [3.8, 4) is 5.75 Å². The second-order valence-corrected chi connectivity index (χ2v) is 5.93. The number of fused-ring (bicyclic) bond motifs is 3. The Labute approximate surface area is 157 Å². The molecule has 10 heteroatoms. The van der Waals surface area contributed by atoms with Crippen LogP contribution in [0.2, 0.25) is 0 Å². The van der Waals surface area contributed by atoms with E-state index in [9.17, 15) is 23.7 Å². The molecular formula is C18H16F2N2O6. The van der Waals surface area contributed by atoms with E-state index in [1.807, 2.05) is 0 Å². The molecule has 1 unspecified atom stereocenters. The summed E-state index contributed by atoms with van der Waals surface area (Å²) in [6.07, 6.45) is 2.64. The molecule has 2 heterocycles. The third-order valence-corrected chi connectivity index (χ3v) is 4.16. The van der Waals surface area contributed by atoms with Gasteiger partial charge in [-0.15, -0.1) is 0 Å². The summed E-state index contributed by atoms with van der Waals surface area (Å²) in [7, 11) is 0. The largest absolute Gasteiger partial charge is 0.466 e. The highest BCUT2D eigenvalue weighted by Crippen LogP contribution is 2.40. The first kappa shape index (κ1) is 19.5. The van der Waals surface area contributed by atoms with Gasteiger partial charge in [0.15, 0.2) is 16.9 Å². The molecule has 0 N–H and O–H groups in total. The lowest BCUT2D eigenvalue weighted by Crippen LogP contribution is -2.18. The number of carbonyl (C=O) groups is 1. The van der Waals surface area contributed by atoms with E-state index < -0.39 is 30.0 Å². The second-order valence-electron chi connectivity index (χ2n) is 5.93. The van der Waals surface area contributed by atoms with Crippen molar-refractivity contribution in [2.24, 2.45) is 0 Å². The maximum Gasteiger partial charge on any atom is 0.387 e. The molecule has 3 aromatic rings.